The van der Waals surface area contributed by atoms with E-state index in [0.29, 0.717) is 29.3 Å². The van der Waals surface area contributed by atoms with E-state index in [1.54, 1.807) is 12.1 Å². The molecule has 0 saturated carbocycles. The maximum Gasteiger partial charge on any atom is 0.127 e. The molecule has 1 saturated heterocycles. The van der Waals surface area contributed by atoms with Crippen molar-refractivity contribution < 1.29 is 9.13 Å². The largest absolute Gasteiger partial charge is 0.389 e. The van der Waals surface area contributed by atoms with E-state index < -0.39 is 0 Å². The fourth-order valence-electron chi connectivity index (χ4n) is 2.34. The van der Waals surface area contributed by atoms with E-state index in [1.165, 1.54) is 6.07 Å². The SMILES string of the molecule is CC1(C)CN(Cc2cc(C(N)=S)ccc2F)CCO1. The van der Waals surface area contributed by atoms with E-state index in [4.69, 9.17) is 22.7 Å². The molecule has 19 heavy (non-hydrogen) atoms. The lowest BCUT2D eigenvalue weighted by Gasteiger charge is -2.38. The van der Waals surface area contributed by atoms with Gasteiger partial charge in [0, 0.05) is 30.8 Å². The normalized spacial score (nSPS) is 19.3. The average Bonchev–Trinajstić information content (AvgIpc) is 2.30. The molecule has 1 aliphatic heterocycles. The van der Waals surface area contributed by atoms with Crippen LogP contribution in [0.1, 0.15) is 25.0 Å². The van der Waals surface area contributed by atoms with Crippen LogP contribution in [0.2, 0.25) is 0 Å². The maximum atomic E-state index is 13.8. The van der Waals surface area contributed by atoms with Crippen molar-refractivity contribution in [1.82, 2.24) is 4.90 Å². The Balaban J connectivity index is 2.14. The Kier molecular flexibility index (Phi) is 4.18. The first-order chi connectivity index (χ1) is 8.87. The summed E-state index contributed by atoms with van der Waals surface area (Å²) in [5, 5.41) is 0. The van der Waals surface area contributed by atoms with Gasteiger partial charge in [-0.1, -0.05) is 12.2 Å². The van der Waals surface area contributed by atoms with E-state index in [9.17, 15) is 4.39 Å². The first-order valence-corrected chi connectivity index (χ1v) is 6.73. The molecule has 0 amide bonds. The molecule has 1 aliphatic rings. The molecule has 0 radical (unpaired) electrons. The molecule has 5 heteroatoms. The lowest BCUT2D eigenvalue weighted by molar-refractivity contribution is -0.0884. The van der Waals surface area contributed by atoms with Gasteiger partial charge in [0.1, 0.15) is 10.8 Å². The van der Waals surface area contributed by atoms with Gasteiger partial charge in [-0.05, 0) is 32.0 Å². The van der Waals surface area contributed by atoms with Gasteiger partial charge in [-0.25, -0.2) is 4.39 Å². The quantitative estimate of drug-likeness (QED) is 0.861. The molecule has 0 aromatic heterocycles. The number of morpholine rings is 1. The van der Waals surface area contributed by atoms with Gasteiger partial charge in [-0.2, -0.15) is 0 Å². The first-order valence-electron chi connectivity index (χ1n) is 6.32. The zero-order chi connectivity index (χ0) is 14.0. The van der Waals surface area contributed by atoms with Crippen molar-refractivity contribution in [2.45, 2.75) is 26.0 Å². The first kappa shape index (κ1) is 14.4. The Hall–Kier alpha value is -1.04. The molecular weight excluding hydrogens is 263 g/mol. The molecule has 1 heterocycles. The molecule has 2 rings (SSSR count). The lowest BCUT2D eigenvalue weighted by atomic mass is 10.1. The summed E-state index contributed by atoms with van der Waals surface area (Å²) in [6, 6.07) is 4.78. The predicted octanol–water partition coefficient (Wildman–Crippen LogP) is 2.07. The van der Waals surface area contributed by atoms with Crippen molar-refractivity contribution in [3.05, 3.63) is 35.1 Å². The molecule has 1 fully saturated rings. The van der Waals surface area contributed by atoms with E-state index >= 15 is 0 Å². The van der Waals surface area contributed by atoms with Crippen molar-refractivity contribution >= 4 is 17.2 Å². The Morgan fingerprint density at radius 1 is 1.53 bits per heavy atom. The van der Waals surface area contributed by atoms with Gasteiger partial charge >= 0.3 is 0 Å². The second kappa shape index (κ2) is 5.53. The molecule has 2 N–H and O–H groups in total. The zero-order valence-electron chi connectivity index (χ0n) is 11.3. The molecule has 0 unspecified atom stereocenters. The van der Waals surface area contributed by atoms with Crippen LogP contribution >= 0.6 is 12.2 Å². The van der Waals surface area contributed by atoms with Crippen LogP contribution in [0.4, 0.5) is 4.39 Å². The predicted molar refractivity (Wildman–Crippen MR) is 77.6 cm³/mol. The van der Waals surface area contributed by atoms with Crippen molar-refractivity contribution in [1.29, 1.82) is 0 Å². The molecule has 0 atom stereocenters. The van der Waals surface area contributed by atoms with Crippen LogP contribution < -0.4 is 5.73 Å². The molecule has 0 spiro atoms. The smallest absolute Gasteiger partial charge is 0.127 e. The minimum atomic E-state index is -0.218. The lowest BCUT2D eigenvalue weighted by Crippen LogP contribution is -2.47. The van der Waals surface area contributed by atoms with Crippen LogP contribution in [0, 0.1) is 5.82 Å². The maximum absolute atomic E-state index is 13.8. The summed E-state index contributed by atoms with van der Waals surface area (Å²) < 4.78 is 19.5. The molecule has 1 aromatic carbocycles. The fourth-order valence-corrected chi connectivity index (χ4v) is 2.47. The molecule has 0 bridgehead atoms. The molecular formula is C14H19FN2OS. The van der Waals surface area contributed by atoms with Gasteiger partial charge in [0.2, 0.25) is 0 Å². The number of halogens is 1. The Morgan fingerprint density at radius 3 is 2.89 bits per heavy atom. The number of rotatable bonds is 3. The standard InChI is InChI=1S/C14H19FN2OS/c1-14(2)9-17(5-6-18-14)8-11-7-10(13(16)19)3-4-12(11)15/h3-4,7H,5-6,8-9H2,1-2H3,(H2,16,19). The number of hydrogen-bond acceptors (Lipinski definition) is 3. The number of thiocarbonyl (C=S) groups is 1. The highest BCUT2D eigenvalue weighted by Gasteiger charge is 2.27. The van der Waals surface area contributed by atoms with Crippen LogP contribution in [0.15, 0.2) is 18.2 Å². The summed E-state index contributed by atoms with van der Waals surface area (Å²) in [4.78, 5) is 2.48. The van der Waals surface area contributed by atoms with Crippen LogP contribution in [0.25, 0.3) is 0 Å². The molecule has 1 aromatic rings. The fraction of sp³-hybridized carbons (Fsp3) is 0.500. The van der Waals surface area contributed by atoms with Gasteiger partial charge in [0.05, 0.1) is 12.2 Å². The van der Waals surface area contributed by atoms with Crippen molar-refractivity contribution in [3.8, 4) is 0 Å². The second-order valence-electron chi connectivity index (χ2n) is 5.49. The Labute approximate surface area is 118 Å². The van der Waals surface area contributed by atoms with E-state index in [-0.39, 0.29) is 11.4 Å². The zero-order valence-corrected chi connectivity index (χ0v) is 12.1. The van der Waals surface area contributed by atoms with Gasteiger partial charge < -0.3 is 10.5 Å². The van der Waals surface area contributed by atoms with Gasteiger partial charge in [0.25, 0.3) is 0 Å². The molecule has 3 nitrogen and oxygen atoms in total. The van der Waals surface area contributed by atoms with Crippen LogP contribution in [-0.4, -0.2) is 35.2 Å². The number of ether oxygens (including phenoxy) is 1. The van der Waals surface area contributed by atoms with Crippen LogP contribution in [-0.2, 0) is 11.3 Å². The van der Waals surface area contributed by atoms with Crippen molar-refractivity contribution in [2.75, 3.05) is 19.7 Å². The monoisotopic (exact) mass is 282 g/mol. The van der Waals surface area contributed by atoms with Crippen molar-refractivity contribution in [2.24, 2.45) is 5.73 Å². The average molecular weight is 282 g/mol. The summed E-state index contributed by atoms with van der Waals surface area (Å²) in [7, 11) is 0. The summed E-state index contributed by atoms with van der Waals surface area (Å²) in [5.74, 6) is -0.218. The van der Waals surface area contributed by atoms with Gasteiger partial charge in [-0.15, -0.1) is 0 Å². The van der Waals surface area contributed by atoms with Crippen LogP contribution in [0.5, 0.6) is 0 Å². The highest BCUT2D eigenvalue weighted by Crippen LogP contribution is 2.20. The summed E-state index contributed by atoms with van der Waals surface area (Å²) in [5.41, 5.74) is 6.73. The number of nitrogens with two attached hydrogens (primary N) is 1. The minimum absolute atomic E-state index is 0.185. The topological polar surface area (TPSA) is 38.5 Å². The third-order valence-electron chi connectivity index (χ3n) is 3.23. The highest BCUT2D eigenvalue weighted by atomic mass is 32.1. The van der Waals surface area contributed by atoms with Crippen LogP contribution in [0.3, 0.4) is 0 Å². The Bertz CT molecular complexity index is 490. The second-order valence-corrected chi connectivity index (χ2v) is 5.93. The molecule has 0 aliphatic carbocycles. The summed E-state index contributed by atoms with van der Waals surface area (Å²) in [6.45, 7) is 6.89. The van der Waals surface area contributed by atoms with Gasteiger partial charge in [0.15, 0.2) is 0 Å². The minimum Gasteiger partial charge on any atom is -0.389 e. The summed E-state index contributed by atoms with van der Waals surface area (Å²) in [6.07, 6.45) is 0. The van der Waals surface area contributed by atoms with E-state index in [2.05, 4.69) is 4.90 Å². The van der Waals surface area contributed by atoms with Crippen molar-refractivity contribution in [3.63, 3.8) is 0 Å². The summed E-state index contributed by atoms with van der Waals surface area (Å²) >= 11 is 4.93. The number of benzene rings is 1. The highest BCUT2D eigenvalue weighted by molar-refractivity contribution is 7.80. The van der Waals surface area contributed by atoms with Gasteiger partial charge in [-0.3, -0.25) is 4.90 Å². The van der Waals surface area contributed by atoms with E-state index in [1.807, 2.05) is 13.8 Å². The molecule has 104 valence electrons. The number of hydrogen-bond donors (Lipinski definition) is 1. The number of nitrogens with zero attached hydrogens (tertiary/aromatic N) is 1. The third kappa shape index (κ3) is 3.72. The third-order valence-corrected chi connectivity index (χ3v) is 3.46. The Morgan fingerprint density at radius 2 is 2.26 bits per heavy atom. The van der Waals surface area contributed by atoms with E-state index in [0.717, 1.165) is 13.1 Å².